The Kier molecular flexibility index (Phi) is 9.42. The molecule has 6 rings (SSSR count). The van der Waals surface area contributed by atoms with E-state index in [9.17, 15) is 44.0 Å². The Hall–Kier alpha value is -6.30. The predicted molar refractivity (Wildman–Crippen MR) is 188 cm³/mol. The highest BCUT2D eigenvalue weighted by molar-refractivity contribution is 7.86. The van der Waals surface area contributed by atoms with Gasteiger partial charge in [0.2, 0.25) is 5.90 Å². The molecule has 19 nitrogen and oxygen atoms in total. The molecule has 2 aromatic heterocycles. The number of pyridine rings is 1. The van der Waals surface area contributed by atoms with Gasteiger partial charge in [0.05, 0.1) is 34.2 Å². The van der Waals surface area contributed by atoms with Gasteiger partial charge in [0.1, 0.15) is 9.79 Å². The second-order valence-corrected chi connectivity index (χ2v) is 15.3. The van der Waals surface area contributed by atoms with Gasteiger partial charge in [-0.15, -0.1) is 0 Å². The molecule has 0 aliphatic rings. The number of rotatable bonds is 10. The molecular formula is C31H26N9O10S3+. The van der Waals surface area contributed by atoms with Gasteiger partial charge in [-0.05, 0) is 77.1 Å². The maximum Gasteiger partial charge on any atom is 0.407 e. The molecule has 4 aromatic carbocycles. The number of aliphatic hydroxyl groups is 1. The third-order valence-electron chi connectivity index (χ3n) is 7.44. The highest BCUT2D eigenvalue weighted by Crippen LogP contribution is 2.34. The normalized spacial score (nSPS) is 12.5. The largest absolute Gasteiger partial charge is 0.493 e. The van der Waals surface area contributed by atoms with Crippen molar-refractivity contribution in [2.75, 3.05) is 10.6 Å². The van der Waals surface area contributed by atoms with Crippen LogP contribution in [-0.2, 0) is 30.4 Å². The zero-order valence-corrected chi connectivity index (χ0v) is 29.0. The standard InChI is InChI=1S/C31H25N9O10S3/c32-28(41)18-4-2-12-40(16-18)31-38-29(33)37-30(39-31)36-25-11-7-20(15-27(25)53(48,49)50)35-24-10-6-19(14-26(24)52(45,46)47)34-23-5-1-3-17-13-21(51(42,43)44)8-9-22(17)23/h1-16,34-35H,(H7-,32,33,36,37,38,39,41,42,43,44,45,46,47,48,49,50)/p+1. The van der Waals surface area contributed by atoms with Crippen LogP contribution in [0.2, 0.25) is 0 Å². The van der Waals surface area contributed by atoms with Crippen LogP contribution in [0.1, 0.15) is 5.56 Å². The highest BCUT2D eigenvalue weighted by atomic mass is 32.2. The van der Waals surface area contributed by atoms with Crippen LogP contribution >= 0.6 is 0 Å². The first kappa shape index (κ1) is 36.5. The van der Waals surface area contributed by atoms with Crippen LogP contribution in [-0.4, -0.2) is 64.9 Å². The fourth-order valence-electron chi connectivity index (χ4n) is 5.11. The number of hydrogen-bond acceptors (Lipinski definition) is 12. The molecule has 0 radical (unpaired) electrons. The lowest BCUT2D eigenvalue weighted by molar-refractivity contribution is -0.604. The summed E-state index contributed by atoms with van der Waals surface area (Å²) >= 11 is 0. The van der Waals surface area contributed by atoms with Gasteiger partial charge in [0.15, 0.2) is 0 Å². The first-order valence-corrected chi connectivity index (χ1v) is 19.0. The molecule has 0 unspecified atom stereocenters. The Balaban J connectivity index is 1.35. The Bertz CT molecular complexity index is 2950. The van der Waals surface area contributed by atoms with Crippen molar-refractivity contribution in [1.82, 2.24) is 15.0 Å². The van der Waals surface area contributed by atoms with Gasteiger partial charge in [0.25, 0.3) is 36.0 Å². The van der Waals surface area contributed by atoms with Gasteiger partial charge in [0, 0.05) is 22.4 Å². The van der Waals surface area contributed by atoms with Crippen LogP contribution in [0.3, 0.4) is 0 Å². The summed E-state index contributed by atoms with van der Waals surface area (Å²) in [4.78, 5) is 11.7. The number of aromatic nitrogens is 4. The molecule has 53 heavy (non-hydrogen) atoms. The van der Waals surface area contributed by atoms with E-state index in [0.29, 0.717) is 16.5 Å². The summed E-state index contributed by atoms with van der Waals surface area (Å²) in [6, 6.07) is 19.0. The Morgan fingerprint density at radius 2 is 1.43 bits per heavy atom. The molecule has 0 saturated carbocycles. The number of aromatic amines is 2. The average Bonchev–Trinajstić information content (AvgIpc) is 3.08. The number of anilines is 4. The van der Waals surface area contributed by atoms with Crippen molar-refractivity contribution < 1.29 is 48.6 Å². The number of nitrogens with zero attached hydrogens (tertiary/aromatic N) is 3. The smallest absolute Gasteiger partial charge is 0.407 e. The number of fused-ring (bicyclic) bond motifs is 1. The summed E-state index contributed by atoms with van der Waals surface area (Å²) in [6.07, 6.45) is 2.84. The molecule has 0 aliphatic carbocycles. The van der Waals surface area contributed by atoms with Crippen molar-refractivity contribution in [3.63, 3.8) is 0 Å². The van der Waals surface area contributed by atoms with Crippen molar-refractivity contribution >= 4 is 75.5 Å². The third-order valence-corrected chi connectivity index (χ3v) is 10.1. The summed E-state index contributed by atoms with van der Waals surface area (Å²) in [7, 11) is -14.3. The van der Waals surface area contributed by atoms with Gasteiger partial charge in [-0.3, -0.25) is 29.5 Å². The maximum atomic E-state index is 12.5. The summed E-state index contributed by atoms with van der Waals surface area (Å²) in [5.41, 5.74) is -0.415. The van der Waals surface area contributed by atoms with E-state index < -0.39 is 51.7 Å². The molecule has 0 saturated heterocycles. The van der Waals surface area contributed by atoms with Crippen LogP contribution < -0.4 is 26.4 Å². The molecule has 0 bridgehead atoms. The van der Waals surface area contributed by atoms with E-state index in [-0.39, 0.29) is 44.8 Å². The van der Waals surface area contributed by atoms with Crippen molar-refractivity contribution in [3.05, 3.63) is 114 Å². The van der Waals surface area contributed by atoms with Crippen molar-refractivity contribution in [2.24, 2.45) is 4.99 Å². The molecule has 10 N–H and O–H groups in total. The van der Waals surface area contributed by atoms with Crippen molar-refractivity contribution in [1.29, 1.82) is 10.8 Å². The SMILES string of the molecule is N=C(O)c1ccc[n+](-c2nc(=N)[nH]c(=Nc3ccc(Nc4ccc(Nc5cccc6cc(S(=O)(=O)O)ccc56)cc4S(=O)(=O)O)cc3S(=O)(=O)O)[nH]2)c1. The second-order valence-electron chi connectivity index (χ2n) is 11.1. The summed E-state index contributed by atoms with van der Waals surface area (Å²) < 4.78 is 104. The van der Waals surface area contributed by atoms with E-state index in [4.69, 9.17) is 10.8 Å². The molecule has 6 aromatic rings. The molecule has 0 atom stereocenters. The Morgan fingerprint density at radius 1 is 0.755 bits per heavy atom. The van der Waals surface area contributed by atoms with E-state index in [1.54, 1.807) is 18.2 Å². The van der Waals surface area contributed by atoms with Crippen LogP contribution in [0.15, 0.2) is 117 Å². The number of hydrogen-bond donors (Lipinski definition) is 10. The fraction of sp³-hybridized carbons (Fsp3) is 0. The molecular weight excluding hydrogens is 755 g/mol. The molecule has 0 amide bonds. The Labute approximate surface area is 299 Å². The van der Waals surface area contributed by atoms with E-state index in [2.05, 4.69) is 30.6 Å². The summed E-state index contributed by atoms with van der Waals surface area (Å²) in [5, 5.41) is 31.7. The number of nitrogens with one attached hydrogen (secondary N) is 6. The van der Waals surface area contributed by atoms with Gasteiger partial charge in [-0.25, -0.2) is 9.55 Å². The fourth-order valence-corrected chi connectivity index (χ4v) is 6.95. The average molecular weight is 781 g/mol. The zero-order valence-electron chi connectivity index (χ0n) is 26.5. The van der Waals surface area contributed by atoms with Crippen LogP contribution in [0.4, 0.5) is 28.4 Å². The van der Waals surface area contributed by atoms with Crippen LogP contribution in [0.5, 0.6) is 0 Å². The number of H-pyrrole nitrogens is 2. The molecule has 272 valence electrons. The topological polar surface area (TPSA) is 316 Å². The van der Waals surface area contributed by atoms with Gasteiger partial charge in [-0.1, -0.05) is 18.2 Å². The first-order valence-electron chi connectivity index (χ1n) is 14.7. The predicted octanol–water partition coefficient (Wildman–Crippen LogP) is 2.99. The monoisotopic (exact) mass is 780 g/mol. The lowest BCUT2D eigenvalue weighted by Gasteiger charge is -2.15. The van der Waals surface area contributed by atoms with E-state index in [0.717, 1.165) is 12.1 Å². The van der Waals surface area contributed by atoms with Crippen LogP contribution in [0.25, 0.3) is 16.7 Å². The second kappa shape index (κ2) is 13.7. The maximum absolute atomic E-state index is 12.5. The molecule has 0 spiro atoms. The summed E-state index contributed by atoms with van der Waals surface area (Å²) in [5.74, 6) is -0.729. The van der Waals surface area contributed by atoms with Crippen molar-refractivity contribution in [3.8, 4) is 5.95 Å². The molecule has 0 aliphatic heterocycles. The van der Waals surface area contributed by atoms with E-state index >= 15 is 0 Å². The molecule has 22 heteroatoms. The number of aliphatic hydroxyl groups excluding tert-OH is 1. The van der Waals surface area contributed by atoms with Gasteiger partial charge >= 0.3 is 11.6 Å². The third kappa shape index (κ3) is 8.27. The van der Waals surface area contributed by atoms with Crippen LogP contribution in [0, 0.1) is 10.8 Å². The minimum Gasteiger partial charge on any atom is -0.493 e. The van der Waals surface area contributed by atoms with Crippen molar-refractivity contribution in [2.45, 2.75) is 14.7 Å². The summed E-state index contributed by atoms with van der Waals surface area (Å²) in [6.45, 7) is 0. The number of benzene rings is 4. The van der Waals surface area contributed by atoms with E-state index in [1.165, 1.54) is 71.6 Å². The molecule has 2 heterocycles. The first-order chi connectivity index (χ1) is 24.8. The lowest BCUT2D eigenvalue weighted by atomic mass is 10.1. The highest BCUT2D eigenvalue weighted by Gasteiger charge is 2.21. The minimum absolute atomic E-state index is 0.00953. The van der Waals surface area contributed by atoms with Gasteiger partial charge < -0.3 is 15.7 Å². The van der Waals surface area contributed by atoms with Gasteiger partial charge in [-0.2, -0.15) is 30.2 Å². The molecule has 0 fully saturated rings. The van der Waals surface area contributed by atoms with E-state index in [1.807, 2.05) is 0 Å². The minimum atomic E-state index is -4.97. The quantitative estimate of drug-likeness (QED) is 0.0414. The lowest BCUT2D eigenvalue weighted by Crippen LogP contribution is -2.40. The Morgan fingerprint density at radius 3 is 2.11 bits per heavy atom. The zero-order chi connectivity index (χ0) is 38.3.